The van der Waals surface area contributed by atoms with Gasteiger partial charge in [0.05, 0.1) is 0 Å². The van der Waals surface area contributed by atoms with E-state index in [0.717, 1.165) is 32.6 Å². The predicted molar refractivity (Wildman–Crippen MR) is 103 cm³/mol. The first-order valence-corrected chi connectivity index (χ1v) is 9.89. The third kappa shape index (κ3) is 6.17. The summed E-state index contributed by atoms with van der Waals surface area (Å²) in [4.78, 5) is 4.20. The standard InChI is InChI=1S/C17H24ClF2N3O2S/c1-21-16(23-11-17(26-2)5-7-24-8-6-17)22-10-12-9-13(18)3-4-14(12)25-15(19)20/h3-4,9,15H,5-8,10-11H2,1-2H3,(H2,21,22,23). The van der Waals surface area contributed by atoms with Gasteiger partial charge in [0.2, 0.25) is 0 Å². The summed E-state index contributed by atoms with van der Waals surface area (Å²) in [7, 11) is 1.67. The minimum atomic E-state index is -2.89. The average Bonchev–Trinajstić information content (AvgIpc) is 2.64. The summed E-state index contributed by atoms with van der Waals surface area (Å²) in [6.45, 7) is -0.371. The van der Waals surface area contributed by atoms with Gasteiger partial charge in [0.15, 0.2) is 5.96 Å². The van der Waals surface area contributed by atoms with Gasteiger partial charge in [-0.2, -0.15) is 20.5 Å². The normalized spacial score (nSPS) is 17.2. The number of thioether (sulfide) groups is 1. The number of rotatable bonds is 7. The Morgan fingerprint density at radius 2 is 2.12 bits per heavy atom. The van der Waals surface area contributed by atoms with Crippen LogP contribution in [0.3, 0.4) is 0 Å². The molecule has 1 heterocycles. The van der Waals surface area contributed by atoms with Crippen molar-refractivity contribution in [2.24, 2.45) is 4.99 Å². The molecule has 0 saturated carbocycles. The van der Waals surface area contributed by atoms with Crippen LogP contribution >= 0.6 is 23.4 Å². The number of guanidine groups is 1. The van der Waals surface area contributed by atoms with Crippen LogP contribution in [0.4, 0.5) is 8.78 Å². The molecule has 2 N–H and O–H groups in total. The van der Waals surface area contributed by atoms with Gasteiger partial charge < -0.3 is 20.1 Å². The van der Waals surface area contributed by atoms with Crippen molar-refractivity contribution in [3.63, 3.8) is 0 Å². The smallest absolute Gasteiger partial charge is 0.387 e. The van der Waals surface area contributed by atoms with E-state index in [-0.39, 0.29) is 17.0 Å². The molecule has 1 aliphatic heterocycles. The number of nitrogens with zero attached hydrogens (tertiary/aromatic N) is 1. The van der Waals surface area contributed by atoms with E-state index in [1.807, 2.05) is 11.8 Å². The molecule has 2 rings (SSSR count). The SMILES string of the molecule is CN=C(NCc1cc(Cl)ccc1OC(F)F)NCC1(SC)CCOCC1. The molecule has 1 fully saturated rings. The molecule has 0 unspecified atom stereocenters. The van der Waals surface area contributed by atoms with Gasteiger partial charge in [-0.3, -0.25) is 4.99 Å². The molecule has 0 radical (unpaired) electrons. The summed E-state index contributed by atoms with van der Waals surface area (Å²) >= 11 is 7.80. The monoisotopic (exact) mass is 407 g/mol. The van der Waals surface area contributed by atoms with Crippen molar-refractivity contribution in [3.05, 3.63) is 28.8 Å². The van der Waals surface area contributed by atoms with E-state index in [1.54, 1.807) is 13.1 Å². The maximum Gasteiger partial charge on any atom is 0.387 e. The van der Waals surface area contributed by atoms with Crippen molar-refractivity contribution in [2.45, 2.75) is 30.7 Å². The molecule has 9 heteroatoms. The number of ether oxygens (including phenoxy) is 2. The summed E-state index contributed by atoms with van der Waals surface area (Å²) in [5.74, 6) is 0.685. The Hall–Kier alpha value is -1.25. The van der Waals surface area contributed by atoms with Gasteiger partial charge in [-0.1, -0.05) is 11.6 Å². The molecular weight excluding hydrogens is 384 g/mol. The first-order valence-electron chi connectivity index (χ1n) is 8.29. The van der Waals surface area contributed by atoms with E-state index in [0.29, 0.717) is 16.5 Å². The number of hydrogen-bond acceptors (Lipinski definition) is 4. The number of benzene rings is 1. The molecular formula is C17H24ClF2N3O2S. The molecule has 0 atom stereocenters. The second kappa shape index (κ2) is 10.2. The zero-order valence-corrected chi connectivity index (χ0v) is 16.4. The Bertz CT molecular complexity index is 614. The first kappa shape index (κ1) is 21.1. The highest BCUT2D eigenvalue weighted by Crippen LogP contribution is 2.33. The van der Waals surface area contributed by atoms with Crippen molar-refractivity contribution >= 4 is 29.3 Å². The summed E-state index contributed by atoms with van der Waals surface area (Å²) < 4.78 is 35.2. The second-order valence-electron chi connectivity index (χ2n) is 5.91. The zero-order valence-electron chi connectivity index (χ0n) is 14.9. The van der Waals surface area contributed by atoms with Crippen LogP contribution in [-0.4, -0.2) is 50.4 Å². The lowest BCUT2D eigenvalue weighted by molar-refractivity contribution is -0.0504. The minimum Gasteiger partial charge on any atom is -0.434 e. The molecule has 5 nitrogen and oxygen atoms in total. The van der Waals surface area contributed by atoms with Crippen molar-refractivity contribution in [3.8, 4) is 5.75 Å². The van der Waals surface area contributed by atoms with Gasteiger partial charge in [0.1, 0.15) is 5.75 Å². The Labute approximate surface area is 161 Å². The summed E-state index contributed by atoms with van der Waals surface area (Å²) in [5, 5.41) is 6.89. The fraction of sp³-hybridized carbons (Fsp3) is 0.588. The molecule has 146 valence electrons. The lowest BCUT2D eigenvalue weighted by Gasteiger charge is -2.36. The molecule has 0 bridgehead atoms. The Kier molecular flexibility index (Phi) is 8.24. The van der Waals surface area contributed by atoms with Crippen molar-refractivity contribution < 1.29 is 18.3 Å². The van der Waals surface area contributed by atoms with Crippen LogP contribution in [0, 0.1) is 0 Å². The molecule has 0 aromatic heterocycles. The Morgan fingerprint density at radius 3 is 2.73 bits per heavy atom. The van der Waals surface area contributed by atoms with E-state index in [1.165, 1.54) is 12.1 Å². The number of nitrogens with one attached hydrogen (secondary N) is 2. The van der Waals surface area contributed by atoms with Gasteiger partial charge >= 0.3 is 6.61 Å². The second-order valence-corrected chi connectivity index (χ2v) is 7.62. The van der Waals surface area contributed by atoms with Crippen LogP contribution in [0.2, 0.25) is 5.02 Å². The third-order valence-electron chi connectivity index (χ3n) is 4.32. The molecule has 0 spiro atoms. The summed E-state index contributed by atoms with van der Waals surface area (Å²) in [6, 6.07) is 4.55. The van der Waals surface area contributed by atoms with Crippen LogP contribution in [0.25, 0.3) is 0 Å². The summed E-state index contributed by atoms with van der Waals surface area (Å²) in [5.41, 5.74) is 0.534. The van der Waals surface area contributed by atoms with Gasteiger partial charge in [-0.05, 0) is 37.3 Å². The van der Waals surface area contributed by atoms with E-state index >= 15 is 0 Å². The fourth-order valence-electron chi connectivity index (χ4n) is 2.74. The zero-order chi connectivity index (χ0) is 19.0. The molecule has 1 aromatic rings. The molecule has 1 aliphatic rings. The highest BCUT2D eigenvalue weighted by molar-refractivity contribution is 8.00. The topological polar surface area (TPSA) is 54.9 Å². The average molecular weight is 408 g/mol. The van der Waals surface area contributed by atoms with Crippen LogP contribution in [0.15, 0.2) is 23.2 Å². The number of alkyl halides is 2. The van der Waals surface area contributed by atoms with Gasteiger partial charge in [-0.25, -0.2) is 0 Å². The number of hydrogen-bond donors (Lipinski definition) is 2. The van der Waals surface area contributed by atoms with Crippen LogP contribution in [0.1, 0.15) is 18.4 Å². The van der Waals surface area contributed by atoms with Gasteiger partial charge in [0, 0.05) is 48.7 Å². The van der Waals surface area contributed by atoms with Crippen LogP contribution in [0.5, 0.6) is 5.75 Å². The Morgan fingerprint density at radius 1 is 1.38 bits per heavy atom. The largest absolute Gasteiger partial charge is 0.434 e. The first-order chi connectivity index (χ1) is 12.5. The Balaban J connectivity index is 1.95. The van der Waals surface area contributed by atoms with E-state index in [9.17, 15) is 8.78 Å². The molecule has 1 aromatic carbocycles. The van der Waals surface area contributed by atoms with Gasteiger partial charge in [0.25, 0.3) is 0 Å². The lowest BCUT2D eigenvalue weighted by Crippen LogP contribution is -2.47. The summed E-state index contributed by atoms with van der Waals surface area (Å²) in [6.07, 6.45) is 4.04. The maximum atomic E-state index is 12.5. The van der Waals surface area contributed by atoms with Crippen molar-refractivity contribution in [1.82, 2.24) is 10.6 Å². The quantitative estimate of drug-likeness (QED) is 0.535. The molecule has 1 saturated heterocycles. The third-order valence-corrected chi connectivity index (χ3v) is 5.98. The van der Waals surface area contributed by atoms with E-state index in [2.05, 4.69) is 26.6 Å². The lowest BCUT2D eigenvalue weighted by atomic mass is 9.99. The van der Waals surface area contributed by atoms with Crippen molar-refractivity contribution in [2.75, 3.05) is 33.1 Å². The molecule has 0 amide bonds. The van der Waals surface area contributed by atoms with E-state index in [4.69, 9.17) is 16.3 Å². The minimum absolute atomic E-state index is 0.0948. The van der Waals surface area contributed by atoms with Crippen LogP contribution < -0.4 is 15.4 Å². The predicted octanol–water partition coefficient (Wildman–Crippen LogP) is 3.52. The number of halogens is 3. The van der Waals surface area contributed by atoms with Crippen molar-refractivity contribution in [1.29, 1.82) is 0 Å². The highest BCUT2D eigenvalue weighted by Gasteiger charge is 2.31. The number of aliphatic imine (C=N–C) groups is 1. The molecule has 26 heavy (non-hydrogen) atoms. The highest BCUT2D eigenvalue weighted by atomic mass is 35.5. The molecule has 0 aliphatic carbocycles. The fourth-order valence-corrected chi connectivity index (χ4v) is 3.72. The van der Waals surface area contributed by atoms with Gasteiger partial charge in [-0.15, -0.1) is 0 Å². The van der Waals surface area contributed by atoms with E-state index < -0.39 is 6.61 Å². The maximum absolute atomic E-state index is 12.5. The van der Waals surface area contributed by atoms with Crippen LogP contribution in [-0.2, 0) is 11.3 Å².